The minimum Gasteiger partial charge on any atom is -0.490 e. The van der Waals surface area contributed by atoms with E-state index in [-0.39, 0.29) is 10.9 Å². The molecular weight excluding hydrogens is 413 g/mol. The molecule has 32 heavy (non-hydrogen) atoms. The third-order valence-electron chi connectivity index (χ3n) is 4.87. The SMILES string of the molecule is CCCCOc1cnc(-c2ccc(C#Cc3ccc4c(F)c(F)ccc4c3)c(F)c2)nc1. The maximum atomic E-state index is 14.6. The van der Waals surface area contributed by atoms with Crippen LogP contribution in [0.2, 0.25) is 0 Å². The van der Waals surface area contributed by atoms with Crippen LogP contribution in [0.3, 0.4) is 0 Å². The van der Waals surface area contributed by atoms with E-state index < -0.39 is 17.5 Å². The van der Waals surface area contributed by atoms with E-state index in [0.717, 1.165) is 18.9 Å². The van der Waals surface area contributed by atoms with Gasteiger partial charge in [0.15, 0.2) is 23.2 Å². The monoisotopic (exact) mass is 432 g/mol. The Bertz CT molecular complexity index is 1320. The highest BCUT2D eigenvalue weighted by Gasteiger charge is 2.08. The summed E-state index contributed by atoms with van der Waals surface area (Å²) in [6.45, 7) is 2.68. The molecule has 0 aliphatic heterocycles. The topological polar surface area (TPSA) is 35.0 Å². The molecule has 0 N–H and O–H groups in total. The summed E-state index contributed by atoms with van der Waals surface area (Å²) >= 11 is 0. The van der Waals surface area contributed by atoms with E-state index in [2.05, 4.69) is 28.7 Å². The van der Waals surface area contributed by atoms with Gasteiger partial charge in [0.05, 0.1) is 24.6 Å². The fourth-order valence-electron chi connectivity index (χ4n) is 3.11. The van der Waals surface area contributed by atoms with Crippen molar-refractivity contribution in [2.24, 2.45) is 0 Å². The minimum absolute atomic E-state index is 0.174. The van der Waals surface area contributed by atoms with Crippen LogP contribution < -0.4 is 4.74 Å². The molecule has 0 bridgehead atoms. The summed E-state index contributed by atoms with van der Waals surface area (Å²) in [5.41, 5.74) is 1.30. The molecule has 0 fully saturated rings. The Hall–Kier alpha value is -3.85. The van der Waals surface area contributed by atoms with Crippen LogP contribution in [0.4, 0.5) is 13.2 Å². The first kappa shape index (κ1) is 21.4. The summed E-state index contributed by atoms with van der Waals surface area (Å²) in [6, 6.07) is 11.8. The third kappa shape index (κ3) is 4.73. The van der Waals surface area contributed by atoms with Crippen LogP contribution in [-0.4, -0.2) is 16.6 Å². The molecule has 1 heterocycles. The van der Waals surface area contributed by atoms with Crippen LogP contribution in [0.25, 0.3) is 22.2 Å². The van der Waals surface area contributed by atoms with Gasteiger partial charge in [0.2, 0.25) is 0 Å². The van der Waals surface area contributed by atoms with Crippen LogP contribution >= 0.6 is 0 Å². The van der Waals surface area contributed by atoms with Crippen molar-refractivity contribution < 1.29 is 17.9 Å². The lowest BCUT2D eigenvalue weighted by Crippen LogP contribution is -1.98. The molecule has 3 nitrogen and oxygen atoms in total. The molecule has 0 saturated carbocycles. The van der Waals surface area contributed by atoms with Gasteiger partial charge in [-0.3, -0.25) is 0 Å². The van der Waals surface area contributed by atoms with Gasteiger partial charge in [-0.05, 0) is 48.2 Å². The quantitative estimate of drug-likeness (QED) is 0.275. The molecule has 4 aromatic rings. The smallest absolute Gasteiger partial charge is 0.166 e. The van der Waals surface area contributed by atoms with Crippen molar-refractivity contribution >= 4 is 10.8 Å². The molecule has 160 valence electrons. The molecule has 0 unspecified atom stereocenters. The van der Waals surface area contributed by atoms with Gasteiger partial charge in [0.1, 0.15) is 5.82 Å². The van der Waals surface area contributed by atoms with Gasteiger partial charge < -0.3 is 4.74 Å². The number of nitrogens with zero attached hydrogens (tertiary/aromatic N) is 2. The first-order valence-corrected chi connectivity index (χ1v) is 10.2. The zero-order valence-electron chi connectivity index (χ0n) is 17.3. The Morgan fingerprint density at radius 3 is 2.44 bits per heavy atom. The number of hydrogen-bond acceptors (Lipinski definition) is 3. The van der Waals surface area contributed by atoms with E-state index in [1.54, 1.807) is 36.7 Å². The standard InChI is InChI=1S/C26H19F3N2O/c1-2-3-12-32-21-15-30-26(31-16-21)20-8-7-18(24(28)14-20)6-4-17-5-10-22-19(13-17)9-11-23(27)25(22)29/h5,7-11,13-16H,2-3,12H2,1H3. The second-order valence-electron chi connectivity index (χ2n) is 7.19. The van der Waals surface area contributed by atoms with Crippen molar-refractivity contribution in [2.45, 2.75) is 19.8 Å². The maximum absolute atomic E-state index is 14.6. The van der Waals surface area contributed by atoms with Crippen LogP contribution in [0, 0.1) is 29.3 Å². The highest BCUT2D eigenvalue weighted by Crippen LogP contribution is 2.22. The van der Waals surface area contributed by atoms with E-state index >= 15 is 0 Å². The molecule has 4 rings (SSSR count). The summed E-state index contributed by atoms with van der Waals surface area (Å²) < 4.78 is 47.3. The molecule has 6 heteroatoms. The fourth-order valence-corrected chi connectivity index (χ4v) is 3.11. The van der Waals surface area contributed by atoms with Crippen molar-refractivity contribution in [1.82, 2.24) is 9.97 Å². The second kappa shape index (κ2) is 9.52. The number of ether oxygens (including phenoxy) is 1. The van der Waals surface area contributed by atoms with E-state index in [1.807, 2.05) is 0 Å². The number of aromatic nitrogens is 2. The Morgan fingerprint density at radius 2 is 1.69 bits per heavy atom. The highest BCUT2D eigenvalue weighted by atomic mass is 19.2. The molecule has 1 aromatic heterocycles. The van der Waals surface area contributed by atoms with E-state index in [0.29, 0.717) is 34.7 Å². The minimum atomic E-state index is -0.902. The number of rotatable bonds is 5. The van der Waals surface area contributed by atoms with E-state index in [4.69, 9.17) is 4.74 Å². The lowest BCUT2D eigenvalue weighted by Gasteiger charge is -2.06. The molecule has 0 saturated heterocycles. The molecular formula is C26H19F3N2O. The summed E-state index contributed by atoms with van der Waals surface area (Å²) in [4.78, 5) is 8.48. The average Bonchev–Trinajstić information content (AvgIpc) is 2.81. The Balaban J connectivity index is 1.53. The Labute approximate surface area is 183 Å². The second-order valence-corrected chi connectivity index (χ2v) is 7.19. The third-order valence-corrected chi connectivity index (χ3v) is 4.87. The van der Waals surface area contributed by atoms with Gasteiger partial charge >= 0.3 is 0 Å². The lowest BCUT2D eigenvalue weighted by molar-refractivity contribution is 0.307. The zero-order chi connectivity index (χ0) is 22.5. The van der Waals surface area contributed by atoms with Crippen LogP contribution in [-0.2, 0) is 0 Å². The zero-order valence-corrected chi connectivity index (χ0v) is 17.3. The predicted octanol–water partition coefficient (Wildman–Crippen LogP) is 6.29. The van der Waals surface area contributed by atoms with Gasteiger partial charge in [-0.2, -0.15) is 0 Å². The van der Waals surface area contributed by atoms with Gasteiger partial charge in [0.25, 0.3) is 0 Å². The Kier molecular flexibility index (Phi) is 6.37. The largest absolute Gasteiger partial charge is 0.490 e. The van der Waals surface area contributed by atoms with Gasteiger partial charge in [-0.15, -0.1) is 0 Å². The van der Waals surface area contributed by atoms with Crippen LogP contribution in [0.1, 0.15) is 30.9 Å². The highest BCUT2D eigenvalue weighted by molar-refractivity contribution is 5.84. The summed E-state index contributed by atoms with van der Waals surface area (Å²) in [6.07, 6.45) is 5.12. The normalized spacial score (nSPS) is 10.6. The number of fused-ring (bicyclic) bond motifs is 1. The Morgan fingerprint density at radius 1 is 0.875 bits per heavy atom. The number of unbranched alkanes of at least 4 members (excludes halogenated alkanes) is 1. The van der Waals surface area contributed by atoms with E-state index in [9.17, 15) is 13.2 Å². The van der Waals surface area contributed by atoms with Crippen molar-refractivity contribution in [1.29, 1.82) is 0 Å². The van der Waals surface area contributed by atoms with Gasteiger partial charge in [-0.1, -0.05) is 37.3 Å². The first-order chi connectivity index (χ1) is 15.5. The predicted molar refractivity (Wildman–Crippen MR) is 118 cm³/mol. The molecule has 0 aliphatic rings. The molecule has 0 radical (unpaired) electrons. The summed E-state index contributed by atoms with van der Waals surface area (Å²) in [5.74, 6) is 4.30. The van der Waals surface area contributed by atoms with Crippen LogP contribution in [0.15, 0.2) is 60.9 Å². The number of hydrogen-bond donors (Lipinski definition) is 0. The summed E-state index contributed by atoms with van der Waals surface area (Å²) in [5, 5.41) is 0.693. The average molecular weight is 432 g/mol. The molecule has 3 aromatic carbocycles. The summed E-state index contributed by atoms with van der Waals surface area (Å²) in [7, 11) is 0. The van der Waals surface area contributed by atoms with Crippen molar-refractivity contribution in [3.63, 3.8) is 0 Å². The molecule has 0 aliphatic carbocycles. The molecule has 0 spiro atoms. The van der Waals surface area contributed by atoms with Crippen LogP contribution in [0.5, 0.6) is 5.75 Å². The maximum Gasteiger partial charge on any atom is 0.166 e. The van der Waals surface area contributed by atoms with Crippen molar-refractivity contribution in [3.8, 4) is 29.0 Å². The first-order valence-electron chi connectivity index (χ1n) is 10.2. The molecule has 0 atom stereocenters. The lowest BCUT2D eigenvalue weighted by atomic mass is 10.1. The molecule has 0 amide bonds. The number of halogens is 3. The van der Waals surface area contributed by atoms with Gasteiger partial charge in [-0.25, -0.2) is 23.1 Å². The van der Waals surface area contributed by atoms with E-state index in [1.165, 1.54) is 18.2 Å². The van der Waals surface area contributed by atoms with Gasteiger partial charge in [0, 0.05) is 16.5 Å². The number of benzene rings is 3. The van der Waals surface area contributed by atoms with Crippen molar-refractivity contribution in [3.05, 3.63) is 89.5 Å². The fraction of sp³-hybridized carbons (Fsp3) is 0.154. The van der Waals surface area contributed by atoms with Crippen molar-refractivity contribution in [2.75, 3.05) is 6.61 Å².